The summed E-state index contributed by atoms with van der Waals surface area (Å²) in [5.41, 5.74) is 16.6. The number of hydrogen-bond donors (Lipinski definition) is 0. The molecule has 1 rings (SSSR count). The summed E-state index contributed by atoms with van der Waals surface area (Å²) in [6.07, 6.45) is 1.06. The molecule has 1 atom stereocenters. The second-order valence-corrected chi connectivity index (χ2v) is 4.27. The number of azide groups is 2. The highest BCUT2D eigenvalue weighted by Crippen LogP contribution is 2.10. The van der Waals surface area contributed by atoms with Crippen molar-refractivity contribution >= 4 is 10.8 Å². The predicted molar refractivity (Wildman–Crippen MR) is 64.1 cm³/mol. The fourth-order valence-corrected chi connectivity index (χ4v) is 2.06. The Hall–Kier alpha value is -2.27. The molecule has 0 aliphatic carbocycles. The minimum atomic E-state index is -1.33. The van der Waals surface area contributed by atoms with Gasteiger partial charge < -0.3 is 0 Å². The van der Waals surface area contributed by atoms with E-state index in [-0.39, 0.29) is 11.4 Å². The molecule has 8 heteroatoms. The summed E-state index contributed by atoms with van der Waals surface area (Å²) in [6, 6.07) is 8.74. The zero-order valence-electron chi connectivity index (χ0n) is 8.67. The highest BCUT2D eigenvalue weighted by molar-refractivity contribution is 7.85. The van der Waals surface area contributed by atoms with Gasteiger partial charge in [-0.05, 0) is 23.2 Å². The zero-order chi connectivity index (χ0) is 12.5. The number of hydrogen-bond acceptors (Lipinski definition) is 3. The second-order valence-electron chi connectivity index (χ2n) is 2.82. The summed E-state index contributed by atoms with van der Waals surface area (Å²) >= 11 is 0. The van der Waals surface area contributed by atoms with Crippen LogP contribution in [0.15, 0.2) is 57.4 Å². The van der Waals surface area contributed by atoms with Gasteiger partial charge in [-0.1, -0.05) is 28.4 Å². The first-order valence-electron chi connectivity index (χ1n) is 4.49. The minimum absolute atomic E-state index is 0.00704. The van der Waals surface area contributed by atoms with Crippen LogP contribution < -0.4 is 0 Å². The number of rotatable bonds is 5. The Labute approximate surface area is 99.5 Å². The van der Waals surface area contributed by atoms with Crippen LogP contribution >= 0.6 is 0 Å². The van der Waals surface area contributed by atoms with Gasteiger partial charge in [-0.15, -0.1) is 0 Å². The molecule has 7 nitrogen and oxygen atoms in total. The van der Waals surface area contributed by atoms with Gasteiger partial charge in [0.05, 0.1) is 16.6 Å². The van der Waals surface area contributed by atoms with Crippen molar-refractivity contribution in [1.82, 2.24) is 0 Å². The first-order valence-corrected chi connectivity index (χ1v) is 5.81. The Balaban J connectivity index is 2.85. The first-order chi connectivity index (χ1) is 8.27. The topological polar surface area (TPSA) is 115 Å². The third-order valence-electron chi connectivity index (χ3n) is 1.72. The van der Waals surface area contributed by atoms with Crippen molar-refractivity contribution < 1.29 is 4.21 Å². The van der Waals surface area contributed by atoms with Crippen LogP contribution in [0.2, 0.25) is 0 Å². The van der Waals surface area contributed by atoms with Crippen LogP contribution in [0.3, 0.4) is 0 Å². The molecule has 0 radical (unpaired) electrons. The highest BCUT2D eigenvalue weighted by Gasteiger charge is 2.05. The molecule has 0 saturated carbocycles. The van der Waals surface area contributed by atoms with Crippen LogP contribution in [0.1, 0.15) is 0 Å². The van der Waals surface area contributed by atoms with Crippen molar-refractivity contribution in [2.75, 3.05) is 5.75 Å². The molecule has 0 heterocycles. The van der Waals surface area contributed by atoms with Crippen molar-refractivity contribution in [1.29, 1.82) is 0 Å². The third kappa shape index (κ3) is 4.40. The Morgan fingerprint density at radius 1 is 1.29 bits per heavy atom. The maximum absolute atomic E-state index is 11.8. The van der Waals surface area contributed by atoms with E-state index in [1.165, 1.54) is 0 Å². The van der Waals surface area contributed by atoms with Crippen LogP contribution in [0.25, 0.3) is 20.9 Å². The van der Waals surface area contributed by atoms with Crippen molar-refractivity contribution in [3.05, 3.63) is 63.1 Å². The molecule has 0 aromatic heterocycles. The summed E-state index contributed by atoms with van der Waals surface area (Å²) in [4.78, 5) is 5.70. The van der Waals surface area contributed by atoms with E-state index in [9.17, 15) is 4.21 Å². The molecule has 0 amide bonds. The molecular weight excluding hydrogens is 240 g/mol. The first kappa shape index (κ1) is 12.8. The molecule has 0 fully saturated rings. The molecule has 0 saturated heterocycles. The van der Waals surface area contributed by atoms with Gasteiger partial charge >= 0.3 is 0 Å². The molecule has 17 heavy (non-hydrogen) atoms. The number of benzene rings is 1. The predicted octanol–water partition coefficient (Wildman–Crippen LogP) is 3.26. The van der Waals surface area contributed by atoms with Gasteiger partial charge in [-0.25, -0.2) is 0 Å². The smallest absolute Gasteiger partial charge is 0.0572 e. The maximum atomic E-state index is 11.8. The quantitative estimate of drug-likeness (QED) is 0.444. The normalized spacial score (nSPS) is 12.1. The second kappa shape index (κ2) is 7.08. The van der Waals surface area contributed by atoms with Crippen molar-refractivity contribution in [2.45, 2.75) is 4.90 Å². The SMILES string of the molecule is [N-]=[N+]=N/C=C(\CS(=O)c1ccccc1)N=[N+]=[N-]. The van der Waals surface area contributed by atoms with Crippen LogP contribution in [0.4, 0.5) is 0 Å². The average molecular weight is 248 g/mol. The molecule has 1 aromatic carbocycles. The molecule has 0 bridgehead atoms. The fraction of sp³-hybridized carbons (Fsp3) is 0.111. The lowest BCUT2D eigenvalue weighted by Gasteiger charge is -2.01. The van der Waals surface area contributed by atoms with Gasteiger partial charge in [-0.2, -0.15) is 0 Å². The van der Waals surface area contributed by atoms with E-state index in [0.717, 1.165) is 6.20 Å². The summed E-state index contributed by atoms with van der Waals surface area (Å²) in [6.45, 7) is 0. The van der Waals surface area contributed by atoms with E-state index in [1.807, 2.05) is 6.07 Å². The highest BCUT2D eigenvalue weighted by atomic mass is 32.2. The molecule has 0 spiro atoms. The molecule has 0 aliphatic rings. The van der Waals surface area contributed by atoms with Crippen molar-refractivity contribution in [3.8, 4) is 0 Å². The van der Waals surface area contributed by atoms with Crippen LogP contribution in [-0.2, 0) is 10.8 Å². The number of nitrogens with zero attached hydrogens (tertiary/aromatic N) is 6. The molecule has 0 aliphatic heterocycles. The van der Waals surface area contributed by atoms with E-state index in [0.29, 0.717) is 4.90 Å². The van der Waals surface area contributed by atoms with Gasteiger partial charge in [0.15, 0.2) is 0 Å². The van der Waals surface area contributed by atoms with E-state index in [4.69, 9.17) is 11.1 Å². The fourth-order valence-electron chi connectivity index (χ4n) is 1.03. The molecule has 1 unspecified atom stereocenters. The van der Waals surface area contributed by atoms with E-state index in [1.54, 1.807) is 24.3 Å². The van der Waals surface area contributed by atoms with E-state index >= 15 is 0 Å². The Morgan fingerprint density at radius 2 is 2.00 bits per heavy atom. The Bertz CT molecular complexity index is 528. The maximum Gasteiger partial charge on any atom is 0.0572 e. The van der Waals surface area contributed by atoms with Crippen LogP contribution in [0.5, 0.6) is 0 Å². The molecular formula is C9H8N6OS. The van der Waals surface area contributed by atoms with Gasteiger partial charge in [0, 0.05) is 26.6 Å². The summed E-state index contributed by atoms with van der Waals surface area (Å²) in [5, 5.41) is 6.47. The minimum Gasteiger partial charge on any atom is -0.254 e. The molecule has 0 N–H and O–H groups in total. The van der Waals surface area contributed by atoms with Gasteiger partial charge in [0.1, 0.15) is 0 Å². The van der Waals surface area contributed by atoms with Crippen LogP contribution in [0, 0.1) is 0 Å². The lowest BCUT2D eigenvalue weighted by molar-refractivity contribution is 0.684. The largest absolute Gasteiger partial charge is 0.254 e. The van der Waals surface area contributed by atoms with Crippen LogP contribution in [-0.4, -0.2) is 9.96 Å². The van der Waals surface area contributed by atoms with Gasteiger partial charge in [-0.3, -0.25) is 4.21 Å². The van der Waals surface area contributed by atoms with E-state index < -0.39 is 10.8 Å². The van der Waals surface area contributed by atoms with E-state index in [2.05, 4.69) is 20.1 Å². The molecule has 86 valence electrons. The van der Waals surface area contributed by atoms with Crippen molar-refractivity contribution in [3.63, 3.8) is 0 Å². The standard InChI is InChI=1S/C9H8N6OS/c10-14-12-6-8(13-15-11)7-17(16)9-4-2-1-3-5-9/h1-6H,7H2/b8-6+. The van der Waals surface area contributed by atoms with Gasteiger partial charge in [0.2, 0.25) is 0 Å². The Kier molecular flexibility index (Phi) is 5.33. The van der Waals surface area contributed by atoms with Crippen molar-refractivity contribution in [2.24, 2.45) is 10.2 Å². The van der Waals surface area contributed by atoms with Gasteiger partial charge in [0.25, 0.3) is 0 Å². The molecule has 1 aromatic rings. The zero-order valence-corrected chi connectivity index (χ0v) is 9.49. The summed E-state index contributed by atoms with van der Waals surface area (Å²) in [7, 11) is -1.33. The summed E-state index contributed by atoms with van der Waals surface area (Å²) in [5.74, 6) is 0.00704. The summed E-state index contributed by atoms with van der Waals surface area (Å²) < 4.78 is 11.8. The Morgan fingerprint density at radius 3 is 2.59 bits per heavy atom. The average Bonchev–Trinajstić information content (AvgIpc) is 2.37. The lowest BCUT2D eigenvalue weighted by Crippen LogP contribution is -1.99. The monoisotopic (exact) mass is 248 g/mol. The third-order valence-corrected chi connectivity index (χ3v) is 3.07. The lowest BCUT2D eigenvalue weighted by atomic mass is 10.4.